The van der Waals surface area contributed by atoms with Gasteiger partial charge < -0.3 is 11.1 Å². The van der Waals surface area contributed by atoms with Gasteiger partial charge in [0.15, 0.2) is 0 Å². The molecular weight excluding hydrogens is 152 g/mol. The second kappa shape index (κ2) is 7.10. The molecule has 0 aliphatic rings. The second-order valence-corrected chi connectivity index (χ2v) is 3.04. The van der Waals surface area contributed by atoms with Crippen molar-refractivity contribution in [2.75, 3.05) is 6.54 Å². The molecule has 0 bridgehead atoms. The van der Waals surface area contributed by atoms with Crippen molar-refractivity contribution in [1.82, 2.24) is 5.32 Å². The highest BCUT2D eigenvalue weighted by Gasteiger charge is 2.10. The van der Waals surface area contributed by atoms with E-state index < -0.39 is 0 Å². The molecule has 0 aromatic carbocycles. The molecule has 3 heteroatoms. The van der Waals surface area contributed by atoms with Gasteiger partial charge in [0.05, 0.1) is 6.04 Å². The lowest BCUT2D eigenvalue weighted by atomic mass is 10.1. The molecule has 3 nitrogen and oxygen atoms in total. The van der Waals surface area contributed by atoms with Crippen LogP contribution >= 0.6 is 0 Å². The molecule has 0 rings (SSSR count). The molecule has 1 atom stereocenters. The highest BCUT2D eigenvalue weighted by atomic mass is 16.2. The molecule has 0 saturated heterocycles. The van der Waals surface area contributed by atoms with Crippen LogP contribution in [0.3, 0.4) is 0 Å². The van der Waals surface area contributed by atoms with E-state index >= 15 is 0 Å². The Morgan fingerprint density at radius 2 is 2.08 bits per heavy atom. The Balaban J connectivity index is 3.47. The number of amides is 1. The first-order valence-electron chi connectivity index (χ1n) is 4.75. The summed E-state index contributed by atoms with van der Waals surface area (Å²) in [5.41, 5.74) is 5.63. The Kier molecular flexibility index (Phi) is 6.76. The first-order valence-corrected chi connectivity index (χ1v) is 4.75. The van der Waals surface area contributed by atoms with Crippen molar-refractivity contribution in [3.05, 3.63) is 0 Å². The number of carbonyl (C=O) groups excluding carboxylic acids is 1. The third kappa shape index (κ3) is 5.13. The Morgan fingerprint density at radius 1 is 1.42 bits per heavy atom. The summed E-state index contributed by atoms with van der Waals surface area (Å²) in [6, 6.07) is -0.309. The normalized spacial score (nSPS) is 12.6. The molecule has 0 radical (unpaired) electrons. The minimum Gasteiger partial charge on any atom is -0.355 e. The Hall–Kier alpha value is -0.570. The fraction of sp³-hybridized carbons (Fsp3) is 0.889. The standard InChI is InChI=1S/C9H20N2O/c1-3-5-6-8(10)9(12)11-7-4-2/h8H,3-7,10H2,1-2H3,(H,11,12). The Labute approximate surface area is 74.7 Å². The van der Waals surface area contributed by atoms with E-state index in [1.54, 1.807) is 0 Å². The summed E-state index contributed by atoms with van der Waals surface area (Å²) >= 11 is 0. The maximum Gasteiger partial charge on any atom is 0.236 e. The van der Waals surface area contributed by atoms with Gasteiger partial charge in [-0.25, -0.2) is 0 Å². The third-order valence-corrected chi connectivity index (χ3v) is 1.75. The van der Waals surface area contributed by atoms with Crippen molar-refractivity contribution < 1.29 is 4.79 Å². The third-order valence-electron chi connectivity index (χ3n) is 1.75. The number of hydrogen-bond donors (Lipinski definition) is 2. The van der Waals surface area contributed by atoms with Crippen molar-refractivity contribution >= 4 is 5.91 Å². The van der Waals surface area contributed by atoms with Gasteiger partial charge in [0.2, 0.25) is 5.91 Å². The zero-order valence-corrected chi connectivity index (χ0v) is 8.10. The molecule has 12 heavy (non-hydrogen) atoms. The van der Waals surface area contributed by atoms with Gasteiger partial charge in [0.25, 0.3) is 0 Å². The molecular formula is C9H20N2O. The SMILES string of the molecule is CCCCC(N)C(=O)NCCC. The number of rotatable bonds is 6. The van der Waals surface area contributed by atoms with Crippen molar-refractivity contribution in [2.24, 2.45) is 5.73 Å². The molecule has 0 fully saturated rings. The van der Waals surface area contributed by atoms with Crippen LogP contribution in [-0.4, -0.2) is 18.5 Å². The maximum atomic E-state index is 11.2. The predicted octanol–water partition coefficient (Wildman–Crippen LogP) is 1.03. The van der Waals surface area contributed by atoms with E-state index in [4.69, 9.17) is 5.73 Å². The van der Waals surface area contributed by atoms with Crippen LogP contribution in [0.5, 0.6) is 0 Å². The second-order valence-electron chi connectivity index (χ2n) is 3.04. The van der Waals surface area contributed by atoms with Crippen molar-refractivity contribution in [3.63, 3.8) is 0 Å². The fourth-order valence-corrected chi connectivity index (χ4v) is 0.934. The van der Waals surface area contributed by atoms with Gasteiger partial charge in [-0.1, -0.05) is 26.7 Å². The minimum atomic E-state index is -0.309. The average Bonchev–Trinajstić information content (AvgIpc) is 2.10. The summed E-state index contributed by atoms with van der Waals surface area (Å²) in [4.78, 5) is 11.2. The van der Waals surface area contributed by atoms with Crippen LogP contribution in [0.4, 0.5) is 0 Å². The summed E-state index contributed by atoms with van der Waals surface area (Å²) in [5, 5.41) is 2.78. The van der Waals surface area contributed by atoms with E-state index in [-0.39, 0.29) is 11.9 Å². The molecule has 1 unspecified atom stereocenters. The smallest absolute Gasteiger partial charge is 0.236 e. The van der Waals surface area contributed by atoms with E-state index in [1.807, 2.05) is 6.92 Å². The largest absolute Gasteiger partial charge is 0.355 e. The zero-order chi connectivity index (χ0) is 9.40. The molecule has 72 valence electrons. The highest BCUT2D eigenvalue weighted by molar-refractivity contribution is 5.81. The monoisotopic (exact) mass is 172 g/mol. The predicted molar refractivity (Wildman–Crippen MR) is 50.8 cm³/mol. The molecule has 0 aliphatic carbocycles. The van der Waals surface area contributed by atoms with Crippen LogP contribution < -0.4 is 11.1 Å². The quantitative estimate of drug-likeness (QED) is 0.628. The molecule has 1 amide bonds. The maximum absolute atomic E-state index is 11.2. The van der Waals surface area contributed by atoms with E-state index in [9.17, 15) is 4.79 Å². The lowest BCUT2D eigenvalue weighted by Crippen LogP contribution is -2.40. The first-order chi connectivity index (χ1) is 5.72. The van der Waals surface area contributed by atoms with Crippen molar-refractivity contribution in [2.45, 2.75) is 45.6 Å². The molecule has 0 heterocycles. The van der Waals surface area contributed by atoms with Crippen molar-refractivity contribution in [3.8, 4) is 0 Å². The number of nitrogens with two attached hydrogens (primary N) is 1. The first kappa shape index (κ1) is 11.4. The van der Waals surface area contributed by atoms with Gasteiger partial charge in [0, 0.05) is 6.54 Å². The summed E-state index contributed by atoms with van der Waals surface area (Å²) in [7, 11) is 0. The molecule has 0 spiro atoms. The van der Waals surface area contributed by atoms with Gasteiger partial charge >= 0.3 is 0 Å². The fourth-order valence-electron chi connectivity index (χ4n) is 0.934. The lowest BCUT2D eigenvalue weighted by Gasteiger charge is -2.10. The summed E-state index contributed by atoms with van der Waals surface area (Å²) in [6.07, 6.45) is 3.88. The summed E-state index contributed by atoms with van der Waals surface area (Å²) in [6.45, 7) is 4.85. The van der Waals surface area contributed by atoms with Crippen molar-refractivity contribution in [1.29, 1.82) is 0 Å². The van der Waals surface area contributed by atoms with Crippen LogP contribution in [0, 0.1) is 0 Å². The number of nitrogens with one attached hydrogen (secondary N) is 1. The van der Waals surface area contributed by atoms with E-state index in [0.717, 1.165) is 32.2 Å². The van der Waals surface area contributed by atoms with E-state index in [0.29, 0.717) is 0 Å². The van der Waals surface area contributed by atoms with Crippen LogP contribution in [-0.2, 0) is 4.79 Å². The van der Waals surface area contributed by atoms with Gasteiger partial charge in [0.1, 0.15) is 0 Å². The highest BCUT2D eigenvalue weighted by Crippen LogP contribution is 1.97. The molecule has 0 aromatic heterocycles. The summed E-state index contributed by atoms with van der Waals surface area (Å²) < 4.78 is 0. The molecule has 0 aromatic rings. The lowest BCUT2D eigenvalue weighted by molar-refractivity contribution is -0.122. The minimum absolute atomic E-state index is 0.00898. The number of hydrogen-bond acceptors (Lipinski definition) is 2. The topological polar surface area (TPSA) is 55.1 Å². The Morgan fingerprint density at radius 3 is 2.58 bits per heavy atom. The molecule has 0 aliphatic heterocycles. The van der Waals surface area contributed by atoms with Crippen LogP contribution in [0.15, 0.2) is 0 Å². The zero-order valence-electron chi connectivity index (χ0n) is 8.10. The van der Waals surface area contributed by atoms with E-state index in [1.165, 1.54) is 0 Å². The molecule has 0 saturated carbocycles. The van der Waals surface area contributed by atoms with Gasteiger partial charge in [-0.3, -0.25) is 4.79 Å². The van der Waals surface area contributed by atoms with E-state index in [2.05, 4.69) is 12.2 Å². The summed E-state index contributed by atoms with van der Waals surface area (Å²) in [5.74, 6) is -0.00898. The average molecular weight is 172 g/mol. The van der Waals surface area contributed by atoms with Crippen LogP contribution in [0.1, 0.15) is 39.5 Å². The molecule has 3 N–H and O–H groups in total. The van der Waals surface area contributed by atoms with Gasteiger partial charge in [-0.15, -0.1) is 0 Å². The Bertz CT molecular complexity index is 126. The van der Waals surface area contributed by atoms with Gasteiger partial charge in [-0.2, -0.15) is 0 Å². The number of carbonyl (C=O) groups is 1. The van der Waals surface area contributed by atoms with Crippen LogP contribution in [0.25, 0.3) is 0 Å². The van der Waals surface area contributed by atoms with Crippen LogP contribution in [0.2, 0.25) is 0 Å². The number of unbranched alkanes of at least 4 members (excludes halogenated alkanes) is 1. The van der Waals surface area contributed by atoms with Gasteiger partial charge in [-0.05, 0) is 12.8 Å².